The molecule has 0 heterocycles. The summed E-state index contributed by atoms with van der Waals surface area (Å²) in [5.74, 6) is -2.24. The Morgan fingerprint density at radius 2 is 1.87 bits per heavy atom. The maximum absolute atomic E-state index is 11.8. The second-order valence-corrected chi connectivity index (χ2v) is 2.91. The van der Waals surface area contributed by atoms with Crippen LogP contribution >= 0.6 is 0 Å². The average molecular weight is 227 g/mol. The van der Waals surface area contributed by atoms with E-state index in [1.807, 2.05) is 0 Å². The summed E-state index contributed by atoms with van der Waals surface area (Å²) in [6.07, 6.45) is -6.44. The molecule has 88 valence electrons. The average Bonchev–Trinajstić information content (AvgIpc) is 2.01. The lowest BCUT2D eigenvalue weighted by Gasteiger charge is -2.20. The molecular weight excluding hydrogens is 215 g/mol. The summed E-state index contributed by atoms with van der Waals surface area (Å²) in [6.45, 7) is 1.37. The third-order valence-corrected chi connectivity index (χ3v) is 1.68. The predicted octanol–water partition coefficient (Wildman–Crippen LogP) is 1.26. The van der Waals surface area contributed by atoms with Gasteiger partial charge in [0.15, 0.2) is 0 Å². The number of halogens is 3. The summed E-state index contributed by atoms with van der Waals surface area (Å²) in [7, 11) is 0. The maximum atomic E-state index is 11.8. The number of carbonyl (C=O) groups excluding carboxylic acids is 1. The third kappa shape index (κ3) is 6.75. The van der Waals surface area contributed by atoms with Crippen LogP contribution in [0.5, 0.6) is 0 Å². The molecule has 0 aliphatic rings. The van der Waals surface area contributed by atoms with Gasteiger partial charge in [0.1, 0.15) is 6.42 Å². The fourth-order valence-corrected chi connectivity index (χ4v) is 0.973. The zero-order valence-electron chi connectivity index (χ0n) is 8.17. The molecule has 0 aliphatic carbocycles. The van der Waals surface area contributed by atoms with E-state index in [0.29, 0.717) is 0 Å². The van der Waals surface area contributed by atoms with Crippen LogP contribution in [0.2, 0.25) is 0 Å². The second-order valence-electron chi connectivity index (χ2n) is 2.91. The molecule has 1 N–H and O–H groups in total. The topological polar surface area (TPSA) is 57.6 Å². The van der Waals surface area contributed by atoms with E-state index in [4.69, 9.17) is 5.11 Å². The number of amides is 1. The third-order valence-electron chi connectivity index (χ3n) is 1.68. The number of carbonyl (C=O) groups is 2. The molecule has 0 spiro atoms. The molecule has 0 atom stereocenters. The highest BCUT2D eigenvalue weighted by Gasteiger charge is 2.33. The Morgan fingerprint density at radius 3 is 2.20 bits per heavy atom. The number of carboxylic acid groups (broad SMARTS) is 1. The van der Waals surface area contributed by atoms with Crippen molar-refractivity contribution in [1.82, 2.24) is 4.90 Å². The van der Waals surface area contributed by atoms with Crippen LogP contribution in [0, 0.1) is 0 Å². The van der Waals surface area contributed by atoms with Crippen molar-refractivity contribution >= 4 is 11.9 Å². The highest BCUT2D eigenvalue weighted by atomic mass is 19.4. The Morgan fingerprint density at radius 1 is 1.33 bits per heavy atom. The highest BCUT2D eigenvalue weighted by Crippen LogP contribution is 2.20. The molecule has 0 bridgehead atoms. The van der Waals surface area contributed by atoms with Crippen molar-refractivity contribution in [1.29, 1.82) is 0 Å². The first kappa shape index (κ1) is 13.7. The van der Waals surface area contributed by atoms with Crippen molar-refractivity contribution in [3.05, 3.63) is 0 Å². The van der Waals surface area contributed by atoms with E-state index in [1.54, 1.807) is 0 Å². The van der Waals surface area contributed by atoms with E-state index in [0.717, 1.165) is 4.90 Å². The van der Waals surface area contributed by atoms with Crippen LogP contribution in [-0.4, -0.2) is 41.1 Å². The van der Waals surface area contributed by atoms with E-state index in [2.05, 4.69) is 0 Å². The first-order valence-electron chi connectivity index (χ1n) is 4.32. The summed E-state index contributed by atoms with van der Waals surface area (Å²) in [5.41, 5.74) is 0. The molecule has 1 amide bonds. The molecule has 0 unspecified atom stereocenters. The molecule has 0 saturated carbocycles. The van der Waals surface area contributed by atoms with E-state index in [-0.39, 0.29) is 19.5 Å². The molecule has 7 heteroatoms. The molecule has 0 aromatic heterocycles. The van der Waals surface area contributed by atoms with Gasteiger partial charge in [0.25, 0.3) is 0 Å². The lowest BCUT2D eigenvalue weighted by atomic mass is 10.3. The lowest BCUT2D eigenvalue weighted by molar-refractivity contribution is -0.161. The van der Waals surface area contributed by atoms with Crippen LogP contribution < -0.4 is 0 Å². The lowest BCUT2D eigenvalue weighted by Crippen LogP contribution is -2.35. The van der Waals surface area contributed by atoms with E-state index in [9.17, 15) is 22.8 Å². The summed E-state index contributed by atoms with van der Waals surface area (Å²) in [4.78, 5) is 22.1. The minimum atomic E-state index is -4.55. The number of hydrogen-bond donors (Lipinski definition) is 1. The minimum absolute atomic E-state index is 0.0716. The molecule has 0 aromatic carbocycles. The minimum Gasteiger partial charge on any atom is -0.481 e. The van der Waals surface area contributed by atoms with E-state index < -0.39 is 24.5 Å². The summed E-state index contributed by atoms with van der Waals surface area (Å²) < 4.78 is 35.5. The van der Waals surface area contributed by atoms with Crippen molar-refractivity contribution in [3.8, 4) is 0 Å². The standard InChI is InChI=1S/C8H12F3NO3/c1-2-12(4-3-7(14)15)6(13)5-8(9,10)11/h2-5H2,1H3,(H,14,15). The van der Waals surface area contributed by atoms with Crippen LogP contribution in [0.15, 0.2) is 0 Å². The largest absolute Gasteiger partial charge is 0.481 e. The van der Waals surface area contributed by atoms with Gasteiger partial charge in [-0.15, -0.1) is 0 Å². The van der Waals surface area contributed by atoms with E-state index >= 15 is 0 Å². The van der Waals surface area contributed by atoms with Crippen molar-refractivity contribution in [2.75, 3.05) is 13.1 Å². The number of aliphatic carboxylic acids is 1. The predicted molar refractivity (Wildman–Crippen MR) is 45.2 cm³/mol. The molecule has 0 aliphatic heterocycles. The van der Waals surface area contributed by atoms with E-state index in [1.165, 1.54) is 6.92 Å². The van der Waals surface area contributed by atoms with Gasteiger partial charge in [0, 0.05) is 13.1 Å². The maximum Gasteiger partial charge on any atom is 0.397 e. The van der Waals surface area contributed by atoms with Crippen molar-refractivity contribution in [2.24, 2.45) is 0 Å². The molecule has 0 fully saturated rings. The fourth-order valence-electron chi connectivity index (χ4n) is 0.973. The van der Waals surface area contributed by atoms with Gasteiger partial charge in [-0.3, -0.25) is 9.59 Å². The van der Waals surface area contributed by atoms with Crippen LogP contribution in [0.3, 0.4) is 0 Å². The Hall–Kier alpha value is -1.27. The van der Waals surface area contributed by atoms with Gasteiger partial charge < -0.3 is 10.0 Å². The fraction of sp³-hybridized carbons (Fsp3) is 0.750. The van der Waals surface area contributed by atoms with Gasteiger partial charge in [-0.05, 0) is 6.92 Å². The molecule has 0 aromatic rings. The molecule has 15 heavy (non-hydrogen) atoms. The number of carboxylic acids is 1. The van der Waals surface area contributed by atoms with Gasteiger partial charge in [0.2, 0.25) is 5.91 Å². The van der Waals surface area contributed by atoms with Crippen LogP contribution in [0.1, 0.15) is 19.8 Å². The first-order chi connectivity index (χ1) is 6.76. The zero-order chi connectivity index (χ0) is 12.1. The van der Waals surface area contributed by atoms with Gasteiger partial charge in [-0.2, -0.15) is 13.2 Å². The second kappa shape index (κ2) is 5.57. The van der Waals surface area contributed by atoms with Crippen LogP contribution in [-0.2, 0) is 9.59 Å². The molecule has 0 rings (SSSR count). The Balaban J connectivity index is 4.16. The Bertz CT molecular complexity index is 240. The molecule has 0 radical (unpaired) electrons. The number of nitrogens with zero attached hydrogens (tertiary/aromatic N) is 1. The smallest absolute Gasteiger partial charge is 0.397 e. The normalized spacial score (nSPS) is 11.2. The number of alkyl halides is 3. The first-order valence-corrected chi connectivity index (χ1v) is 4.32. The number of rotatable bonds is 5. The van der Waals surface area contributed by atoms with Crippen molar-refractivity contribution < 1.29 is 27.9 Å². The van der Waals surface area contributed by atoms with Gasteiger partial charge in [-0.1, -0.05) is 0 Å². The molecule has 0 saturated heterocycles. The molecule has 4 nitrogen and oxygen atoms in total. The van der Waals surface area contributed by atoms with Crippen molar-refractivity contribution in [2.45, 2.75) is 25.9 Å². The Kier molecular flexibility index (Phi) is 5.10. The summed E-state index contributed by atoms with van der Waals surface area (Å²) in [5, 5.41) is 8.31. The number of hydrogen-bond acceptors (Lipinski definition) is 2. The monoisotopic (exact) mass is 227 g/mol. The summed E-state index contributed by atoms with van der Waals surface area (Å²) >= 11 is 0. The SMILES string of the molecule is CCN(CCC(=O)O)C(=O)CC(F)(F)F. The summed E-state index contributed by atoms with van der Waals surface area (Å²) in [6, 6.07) is 0. The van der Waals surface area contributed by atoms with Crippen LogP contribution in [0.25, 0.3) is 0 Å². The van der Waals surface area contributed by atoms with Gasteiger partial charge in [-0.25, -0.2) is 0 Å². The van der Waals surface area contributed by atoms with Crippen molar-refractivity contribution in [3.63, 3.8) is 0 Å². The van der Waals surface area contributed by atoms with Gasteiger partial charge >= 0.3 is 12.1 Å². The van der Waals surface area contributed by atoms with Gasteiger partial charge in [0.05, 0.1) is 6.42 Å². The zero-order valence-corrected chi connectivity index (χ0v) is 8.17. The quantitative estimate of drug-likeness (QED) is 0.769. The molecular formula is C8H12F3NO3. The highest BCUT2D eigenvalue weighted by molar-refractivity contribution is 5.77. The van der Waals surface area contributed by atoms with Crippen LogP contribution in [0.4, 0.5) is 13.2 Å². The Labute approximate surface area is 84.7 Å².